The first-order chi connectivity index (χ1) is 7.48. The van der Waals surface area contributed by atoms with Crippen LogP contribution in [0.25, 0.3) is 0 Å². The lowest BCUT2D eigenvalue weighted by molar-refractivity contribution is 0.602. The molecule has 0 aromatic heterocycles. The minimum absolute atomic E-state index is 0.285. The fourth-order valence-corrected chi connectivity index (χ4v) is 2.67. The molecule has 1 aliphatic heterocycles. The predicted molar refractivity (Wildman–Crippen MR) is 65.4 cm³/mol. The molecule has 1 aromatic carbocycles. The highest BCUT2D eigenvalue weighted by molar-refractivity contribution is 7.90. The van der Waals surface area contributed by atoms with Crippen LogP contribution in [0.15, 0.2) is 23.1 Å². The Hall–Kier alpha value is -1.23. The van der Waals surface area contributed by atoms with Crippen LogP contribution in [0.2, 0.25) is 0 Å². The van der Waals surface area contributed by atoms with Crippen LogP contribution < -0.4 is 10.6 Å². The highest BCUT2D eigenvalue weighted by Gasteiger charge is 2.16. The molecule has 5 heteroatoms. The quantitative estimate of drug-likeness (QED) is 0.791. The van der Waals surface area contributed by atoms with Gasteiger partial charge >= 0.3 is 0 Å². The number of sulfone groups is 1. The highest BCUT2D eigenvalue weighted by atomic mass is 32.2. The van der Waals surface area contributed by atoms with E-state index in [0.29, 0.717) is 5.69 Å². The van der Waals surface area contributed by atoms with Crippen LogP contribution in [0.1, 0.15) is 12.8 Å². The average molecular weight is 240 g/mol. The standard InChI is InChI=1S/C11H16N2O2S/c1-16(14,15)9-4-5-11(10(12)8-9)13-6-2-3-7-13/h4-5,8H,2-3,6-7,12H2,1H3. The maximum atomic E-state index is 11.3. The van der Waals surface area contributed by atoms with Gasteiger partial charge in [0.25, 0.3) is 0 Å². The second-order valence-electron chi connectivity index (χ2n) is 4.19. The van der Waals surface area contributed by atoms with Crippen molar-refractivity contribution in [3.8, 4) is 0 Å². The van der Waals surface area contributed by atoms with E-state index in [1.54, 1.807) is 18.2 Å². The summed E-state index contributed by atoms with van der Waals surface area (Å²) >= 11 is 0. The Morgan fingerprint density at radius 3 is 2.38 bits per heavy atom. The normalized spacial score (nSPS) is 16.7. The topological polar surface area (TPSA) is 63.4 Å². The average Bonchev–Trinajstić information content (AvgIpc) is 2.69. The summed E-state index contributed by atoms with van der Waals surface area (Å²) in [6.07, 6.45) is 3.54. The molecule has 0 atom stereocenters. The molecule has 0 bridgehead atoms. The summed E-state index contributed by atoms with van der Waals surface area (Å²) in [6.45, 7) is 2.00. The maximum Gasteiger partial charge on any atom is 0.175 e. The van der Waals surface area contributed by atoms with Gasteiger partial charge in [-0.2, -0.15) is 0 Å². The molecular formula is C11H16N2O2S. The van der Waals surface area contributed by atoms with Gasteiger partial charge in [0.05, 0.1) is 16.3 Å². The van der Waals surface area contributed by atoms with Gasteiger partial charge in [0.15, 0.2) is 9.84 Å². The number of nitrogens with two attached hydrogens (primary N) is 1. The summed E-state index contributed by atoms with van der Waals surface area (Å²) in [7, 11) is -3.16. The molecule has 0 spiro atoms. The number of hydrogen-bond acceptors (Lipinski definition) is 4. The first kappa shape index (κ1) is 11.3. The Balaban J connectivity index is 2.37. The first-order valence-corrected chi connectivity index (χ1v) is 7.22. The third kappa shape index (κ3) is 2.14. The Morgan fingerprint density at radius 2 is 1.88 bits per heavy atom. The fourth-order valence-electron chi connectivity index (χ4n) is 2.01. The second-order valence-corrected chi connectivity index (χ2v) is 6.20. The van der Waals surface area contributed by atoms with Crippen LogP contribution in [0.5, 0.6) is 0 Å². The molecule has 4 nitrogen and oxygen atoms in total. The minimum Gasteiger partial charge on any atom is -0.397 e. The molecule has 1 aromatic rings. The molecule has 1 heterocycles. The molecular weight excluding hydrogens is 224 g/mol. The van der Waals surface area contributed by atoms with Gasteiger partial charge in [-0.3, -0.25) is 0 Å². The molecule has 1 fully saturated rings. The largest absolute Gasteiger partial charge is 0.397 e. The van der Waals surface area contributed by atoms with Crippen molar-refractivity contribution >= 4 is 21.2 Å². The maximum absolute atomic E-state index is 11.3. The lowest BCUT2D eigenvalue weighted by Gasteiger charge is -2.19. The molecule has 1 saturated heterocycles. The third-order valence-electron chi connectivity index (χ3n) is 2.87. The predicted octanol–water partition coefficient (Wildman–Crippen LogP) is 1.27. The lowest BCUT2D eigenvalue weighted by atomic mass is 10.2. The van der Waals surface area contributed by atoms with E-state index in [2.05, 4.69) is 4.90 Å². The number of anilines is 2. The van der Waals surface area contributed by atoms with Crippen molar-refractivity contribution < 1.29 is 8.42 Å². The summed E-state index contributed by atoms with van der Waals surface area (Å²) in [5.74, 6) is 0. The Kier molecular flexibility index (Phi) is 2.80. The van der Waals surface area contributed by atoms with Crippen LogP contribution in [0.3, 0.4) is 0 Å². The summed E-state index contributed by atoms with van der Waals surface area (Å²) in [5, 5.41) is 0. The van der Waals surface area contributed by atoms with Crippen molar-refractivity contribution in [1.82, 2.24) is 0 Å². The molecule has 0 radical (unpaired) electrons. The van der Waals surface area contributed by atoms with Crippen LogP contribution >= 0.6 is 0 Å². The summed E-state index contributed by atoms with van der Waals surface area (Å²) in [5.41, 5.74) is 7.39. The van der Waals surface area contributed by atoms with Crippen molar-refractivity contribution in [3.63, 3.8) is 0 Å². The van der Waals surface area contributed by atoms with E-state index in [-0.39, 0.29) is 4.90 Å². The molecule has 0 unspecified atom stereocenters. The Bertz CT molecular complexity index is 491. The van der Waals surface area contributed by atoms with Crippen molar-refractivity contribution in [2.24, 2.45) is 0 Å². The van der Waals surface area contributed by atoms with E-state index >= 15 is 0 Å². The smallest absolute Gasteiger partial charge is 0.175 e. The molecule has 0 amide bonds. The SMILES string of the molecule is CS(=O)(=O)c1ccc(N2CCCC2)c(N)c1. The highest BCUT2D eigenvalue weighted by Crippen LogP contribution is 2.28. The third-order valence-corrected chi connectivity index (χ3v) is 3.98. The minimum atomic E-state index is -3.16. The monoisotopic (exact) mass is 240 g/mol. The van der Waals surface area contributed by atoms with Gasteiger partial charge in [-0.15, -0.1) is 0 Å². The summed E-state index contributed by atoms with van der Waals surface area (Å²) < 4.78 is 22.7. The van der Waals surface area contributed by atoms with E-state index in [4.69, 9.17) is 5.73 Å². The van der Waals surface area contributed by atoms with E-state index in [1.165, 1.54) is 19.1 Å². The first-order valence-electron chi connectivity index (χ1n) is 5.33. The van der Waals surface area contributed by atoms with Crippen molar-refractivity contribution in [3.05, 3.63) is 18.2 Å². The van der Waals surface area contributed by atoms with E-state index in [0.717, 1.165) is 18.8 Å². The van der Waals surface area contributed by atoms with Crippen molar-refractivity contribution in [1.29, 1.82) is 0 Å². The van der Waals surface area contributed by atoms with Gasteiger partial charge in [-0.1, -0.05) is 0 Å². The lowest BCUT2D eigenvalue weighted by Crippen LogP contribution is -2.19. The Morgan fingerprint density at radius 1 is 1.25 bits per heavy atom. The number of hydrogen-bond donors (Lipinski definition) is 1. The number of rotatable bonds is 2. The molecule has 0 saturated carbocycles. The van der Waals surface area contributed by atoms with Crippen LogP contribution in [0, 0.1) is 0 Å². The van der Waals surface area contributed by atoms with Crippen molar-refractivity contribution in [2.45, 2.75) is 17.7 Å². The summed E-state index contributed by atoms with van der Waals surface area (Å²) in [6, 6.07) is 4.97. The molecule has 2 N–H and O–H groups in total. The van der Waals surface area contributed by atoms with Crippen LogP contribution in [0.4, 0.5) is 11.4 Å². The number of benzene rings is 1. The molecule has 1 aliphatic rings. The number of nitrogens with zero attached hydrogens (tertiary/aromatic N) is 1. The van der Waals surface area contributed by atoms with E-state index in [1.807, 2.05) is 0 Å². The molecule has 16 heavy (non-hydrogen) atoms. The van der Waals surface area contributed by atoms with Crippen molar-refractivity contribution in [2.75, 3.05) is 30.0 Å². The van der Waals surface area contributed by atoms with Gasteiger partial charge in [0.1, 0.15) is 0 Å². The molecule has 2 rings (SSSR count). The number of nitrogen functional groups attached to an aromatic ring is 1. The summed E-state index contributed by atoms with van der Waals surface area (Å²) in [4.78, 5) is 2.48. The Labute approximate surface area is 96.0 Å². The van der Waals surface area contributed by atoms with Crippen LogP contribution in [-0.2, 0) is 9.84 Å². The van der Waals surface area contributed by atoms with Gasteiger partial charge in [0, 0.05) is 19.3 Å². The molecule has 88 valence electrons. The molecule has 0 aliphatic carbocycles. The van der Waals surface area contributed by atoms with Gasteiger partial charge < -0.3 is 10.6 Å². The van der Waals surface area contributed by atoms with Gasteiger partial charge in [-0.05, 0) is 31.0 Å². The zero-order valence-corrected chi connectivity index (χ0v) is 10.1. The van der Waals surface area contributed by atoms with Crippen LogP contribution in [-0.4, -0.2) is 27.8 Å². The zero-order valence-electron chi connectivity index (χ0n) is 9.31. The zero-order chi connectivity index (χ0) is 11.8. The van der Waals surface area contributed by atoms with E-state index < -0.39 is 9.84 Å². The fraction of sp³-hybridized carbons (Fsp3) is 0.455. The van der Waals surface area contributed by atoms with Gasteiger partial charge in [0.2, 0.25) is 0 Å². The van der Waals surface area contributed by atoms with Gasteiger partial charge in [-0.25, -0.2) is 8.42 Å². The second kappa shape index (κ2) is 3.97. The van der Waals surface area contributed by atoms with E-state index in [9.17, 15) is 8.42 Å².